The Morgan fingerprint density at radius 3 is 1.18 bits per heavy atom. The number of unbranched alkanes of at least 4 members (excludes halogenated alkanes) is 26. The van der Waals surface area contributed by atoms with E-state index < -0.39 is 124 Å². The molecule has 0 radical (unpaired) electrons. The Morgan fingerprint density at radius 1 is 0.389 bits per heavy atom. The van der Waals surface area contributed by atoms with E-state index >= 15 is 0 Å². The topological polar surface area (TPSA) is 307 Å². The number of carbonyl (C=O) groups excluding carboxylic acids is 1. The molecule has 1 amide bonds. The van der Waals surface area contributed by atoms with E-state index in [9.17, 15) is 61.0 Å². The molecule has 0 spiro atoms. The van der Waals surface area contributed by atoms with Crippen molar-refractivity contribution in [2.75, 3.05) is 26.4 Å². The number of aliphatic hydroxyl groups excluding tert-OH is 11. The molecule has 3 fully saturated rings. The van der Waals surface area contributed by atoms with E-state index in [1.807, 2.05) is 6.08 Å². The third kappa shape index (κ3) is 37.6. The third-order valence-electron chi connectivity index (χ3n) is 17.8. The van der Waals surface area contributed by atoms with Gasteiger partial charge in [0.2, 0.25) is 5.91 Å². The molecule has 3 aliphatic heterocycles. The zero-order chi connectivity index (χ0) is 68.9. The van der Waals surface area contributed by atoms with Gasteiger partial charge in [-0.25, -0.2) is 0 Å². The van der Waals surface area contributed by atoms with Crippen LogP contribution in [0.1, 0.15) is 245 Å². The summed E-state index contributed by atoms with van der Waals surface area (Å²) in [7, 11) is 0. The van der Waals surface area contributed by atoms with Crippen LogP contribution < -0.4 is 5.32 Å². The van der Waals surface area contributed by atoms with Crippen LogP contribution in [0.4, 0.5) is 0 Å². The fourth-order valence-electron chi connectivity index (χ4n) is 11.9. The monoisotopic (exact) mass is 1350 g/mol. The molecule has 0 aromatic rings. The first-order valence-electron chi connectivity index (χ1n) is 37.0. The maximum absolute atomic E-state index is 13.4. The summed E-state index contributed by atoms with van der Waals surface area (Å²) in [6.45, 7) is 1.60. The lowest BCUT2D eigenvalue weighted by Gasteiger charge is -2.48. The molecular weight excluding hydrogens is 1210 g/mol. The molecule has 19 heteroatoms. The first-order valence-corrected chi connectivity index (χ1v) is 37.0. The average Bonchev–Trinajstić information content (AvgIpc) is 0.787. The van der Waals surface area contributed by atoms with Crippen molar-refractivity contribution in [3.63, 3.8) is 0 Å². The van der Waals surface area contributed by atoms with Gasteiger partial charge in [0.05, 0.1) is 38.6 Å². The van der Waals surface area contributed by atoms with Crippen LogP contribution in [0.25, 0.3) is 0 Å². The second-order valence-electron chi connectivity index (χ2n) is 26.0. The van der Waals surface area contributed by atoms with Crippen LogP contribution in [0.3, 0.4) is 0 Å². The largest absolute Gasteiger partial charge is 0.394 e. The molecule has 0 aromatic carbocycles. The van der Waals surface area contributed by atoms with Gasteiger partial charge in [-0.3, -0.25) is 4.79 Å². The van der Waals surface area contributed by atoms with Gasteiger partial charge in [-0.2, -0.15) is 0 Å². The first kappa shape index (κ1) is 85.9. The molecule has 17 unspecified atom stereocenters. The Labute approximate surface area is 571 Å². The van der Waals surface area contributed by atoms with Gasteiger partial charge >= 0.3 is 0 Å². The summed E-state index contributed by atoms with van der Waals surface area (Å²) < 4.78 is 34.4. The molecule has 0 aromatic heterocycles. The van der Waals surface area contributed by atoms with Crippen molar-refractivity contribution in [1.29, 1.82) is 0 Å². The minimum Gasteiger partial charge on any atom is -0.394 e. The molecule has 17 atom stereocenters. The second-order valence-corrected chi connectivity index (χ2v) is 26.0. The molecule has 3 heterocycles. The minimum absolute atomic E-state index is 0.219. The summed E-state index contributed by atoms with van der Waals surface area (Å²) in [4.78, 5) is 13.4. The normalized spacial score (nSPS) is 27.8. The smallest absolute Gasteiger partial charge is 0.220 e. The highest BCUT2D eigenvalue weighted by Gasteiger charge is 2.53. The van der Waals surface area contributed by atoms with E-state index in [4.69, 9.17) is 28.4 Å². The highest BCUT2D eigenvalue weighted by molar-refractivity contribution is 5.76. The number of hydrogen-bond acceptors (Lipinski definition) is 18. The number of rotatable bonds is 56. The van der Waals surface area contributed by atoms with Gasteiger partial charge in [-0.15, -0.1) is 0 Å². The number of aliphatic hydroxyl groups is 11. The predicted molar refractivity (Wildman–Crippen MR) is 374 cm³/mol. The Balaban J connectivity index is 1.44. The lowest BCUT2D eigenvalue weighted by atomic mass is 9.96. The number of allylic oxidation sites excluding steroid dienone is 15. The van der Waals surface area contributed by atoms with Crippen LogP contribution in [0.5, 0.6) is 0 Å². The zero-order valence-electron chi connectivity index (χ0n) is 58.1. The van der Waals surface area contributed by atoms with E-state index in [2.05, 4.69) is 104 Å². The standard InChI is InChI=1S/C76H131NO18/c1-3-5-7-9-11-13-15-17-19-21-23-25-27-29-31-33-35-37-39-41-43-45-47-49-51-53-60(81)59(77-64(82)54-52-50-48-46-44-42-40-38-36-34-32-30-28-26-24-22-20-18-16-14-12-10-8-6-4-2)58-90-74-70(88)67(85)72(62(56-79)92-74)95-76-71(89)68(86)73(63(57-80)93-76)94-75-69(87)66(84)65(83)61(55-78)91-75/h6,8,12,14,18,20,24,26,30,32,35,37,43,45,51,53,59-63,65-76,78-81,83-89H,3-5,7,9-11,13,15-17,19,21-23,25,27-29,31,33-34,36,38-42,44,46-50,52,54-58H2,1-2H3,(H,77,82)/b8-6-,14-12-,20-18-,26-24-,32-30-,37-35+,45-43+,53-51+. The zero-order valence-corrected chi connectivity index (χ0v) is 58.1. The fourth-order valence-corrected chi connectivity index (χ4v) is 11.9. The van der Waals surface area contributed by atoms with Crippen LogP contribution in [-0.4, -0.2) is 193 Å². The number of ether oxygens (including phenoxy) is 6. The van der Waals surface area contributed by atoms with Crippen molar-refractivity contribution >= 4 is 5.91 Å². The van der Waals surface area contributed by atoms with Crippen LogP contribution >= 0.6 is 0 Å². The quantitative estimate of drug-likeness (QED) is 0.0199. The Hall–Kier alpha value is -3.29. The summed E-state index contributed by atoms with van der Waals surface area (Å²) in [6, 6.07) is -1.01. The van der Waals surface area contributed by atoms with Gasteiger partial charge in [-0.1, -0.05) is 246 Å². The molecule has 0 saturated carbocycles. The highest BCUT2D eigenvalue weighted by Crippen LogP contribution is 2.33. The second kappa shape index (κ2) is 56.5. The fraction of sp³-hybridized carbons (Fsp3) is 0.776. The number of amides is 1. The third-order valence-corrected chi connectivity index (χ3v) is 17.8. The van der Waals surface area contributed by atoms with Crippen molar-refractivity contribution < 1.29 is 89.4 Å². The molecule has 12 N–H and O–H groups in total. The molecule has 95 heavy (non-hydrogen) atoms. The minimum atomic E-state index is -1.99. The van der Waals surface area contributed by atoms with E-state index in [-0.39, 0.29) is 18.9 Å². The van der Waals surface area contributed by atoms with E-state index in [0.717, 1.165) is 89.9 Å². The molecule has 0 aliphatic carbocycles. The van der Waals surface area contributed by atoms with E-state index in [1.54, 1.807) is 6.08 Å². The number of nitrogens with one attached hydrogen (secondary N) is 1. The predicted octanol–water partition coefficient (Wildman–Crippen LogP) is 10.8. The summed E-state index contributed by atoms with van der Waals surface area (Å²) >= 11 is 0. The Bertz CT molecular complexity index is 2100. The van der Waals surface area contributed by atoms with Gasteiger partial charge < -0.3 is 89.9 Å². The summed E-state index contributed by atoms with van der Waals surface area (Å²) in [5, 5.41) is 121. The molecular formula is C76H131NO18. The maximum atomic E-state index is 13.4. The lowest BCUT2D eigenvalue weighted by Crippen LogP contribution is -2.66. The SMILES string of the molecule is CC/C=C\C/C=C\C/C=C\C/C=C\C/C=C\CCCCCCCCCCCC(=O)NC(COC1OC(CO)C(OC2OC(CO)C(OC3OC(CO)C(O)C(O)C3O)C(O)C2O)C(O)C1O)C(O)/C=C/CC/C=C/CC/C=C/CCCCCCCCCCCCCCCCC. The summed E-state index contributed by atoms with van der Waals surface area (Å²) in [5.41, 5.74) is 0. The summed E-state index contributed by atoms with van der Waals surface area (Å²) in [6.07, 6.45) is 48.1. The van der Waals surface area contributed by atoms with Crippen molar-refractivity contribution in [2.24, 2.45) is 0 Å². The molecule has 3 aliphatic rings. The van der Waals surface area contributed by atoms with Gasteiger partial charge in [0.25, 0.3) is 0 Å². The summed E-state index contributed by atoms with van der Waals surface area (Å²) in [5.74, 6) is -0.299. The van der Waals surface area contributed by atoms with Crippen molar-refractivity contribution in [3.8, 4) is 0 Å². The van der Waals surface area contributed by atoms with Crippen molar-refractivity contribution in [3.05, 3.63) is 97.2 Å². The first-order chi connectivity index (χ1) is 46.3. The van der Waals surface area contributed by atoms with Crippen LogP contribution in [0, 0.1) is 0 Å². The molecule has 3 rings (SSSR count). The molecule has 19 nitrogen and oxygen atoms in total. The number of carbonyl (C=O) groups is 1. The van der Waals surface area contributed by atoms with Crippen LogP contribution in [-0.2, 0) is 33.2 Å². The van der Waals surface area contributed by atoms with E-state index in [1.165, 1.54) is 122 Å². The van der Waals surface area contributed by atoms with Gasteiger partial charge in [0.1, 0.15) is 73.2 Å². The number of hydrogen-bond donors (Lipinski definition) is 12. The van der Waals surface area contributed by atoms with Gasteiger partial charge in [0.15, 0.2) is 18.9 Å². The van der Waals surface area contributed by atoms with Crippen LogP contribution in [0.15, 0.2) is 97.2 Å². The Morgan fingerprint density at radius 2 is 0.737 bits per heavy atom. The maximum Gasteiger partial charge on any atom is 0.220 e. The molecule has 548 valence electrons. The van der Waals surface area contributed by atoms with Gasteiger partial charge in [0, 0.05) is 6.42 Å². The van der Waals surface area contributed by atoms with Crippen molar-refractivity contribution in [1.82, 2.24) is 5.32 Å². The highest BCUT2D eigenvalue weighted by atomic mass is 16.8. The Kier molecular flexibility index (Phi) is 51.1. The average molecular weight is 1350 g/mol. The molecule has 3 saturated heterocycles. The lowest BCUT2D eigenvalue weighted by molar-refractivity contribution is -0.379. The van der Waals surface area contributed by atoms with Crippen LogP contribution in [0.2, 0.25) is 0 Å². The van der Waals surface area contributed by atoms with E-state index in [0.29, 0.717) is 12.8 Å². The van der Waals surface area contributed by atoms with Crippen molar-refractivity contribution in [2.45, 2.75) is 349 Å². The molecule has 0 bridgehead atoms. The van der Waals surface area contributed by atoms with Gasteiger partial charge in [-0.05, 0) is 89.9 Å².